The predicted molar refractivity (Wildman–Crippen MR) is 88.1 cm³/mol. The van der Waals surface area contributed by atoms with Crippen LogP contribution in [0.5, 0.6) is 0 Å². The van der Waals surface area contributed by atoms with Gasteiger partial charge >= 0.3 is 0 Å². The highest BCUT2D eigenvalue weighted by molar-refractivity contribution is 7.99. The summed E-state index contributed by atoms with van der Waals surface area (Å²) in [6, 6.07) is 16.0. The van der Waals surface area contributed by atoms with Gasteiger partial charge in [0.1, 0.15) is 0 Å². The number of nitro groups is 1. The van der Waals surface area contributed by atoms with Crippen LogP contribution in [0.4, 0.5) is 11.4 Å². The minimum Gasteiger partial charge on any atom is -0.326 e. The summed E-state index contributed by atoms with van der Waals surface area (Å²) in [5.41, 5.74) is 0.423. The van der Waals surface area contributed by atoms with E-state index < -0.39 is 4.92 Å². The van der Waals surface area contributed by atoms with Crippen LogP contribution < -0.4 is 5.32 Å². The highest BCUT2D eigenvalue weighted by Gasteiger charge is 2.08. The number of rotatable bonds is 7. The number of carbonyl (C=O) groups excluding carboxylic acids is 1. The standard InChI is InChI=1S/C16H16N2O3S/c19-16(10-5-11-22-15-8-2-1-3-9-15)17-13-6-4-7-14(12-13)18(20)21/h1-4,6-9,12H,5,10-11H2,(H,17,19). The minimum atomic E-state index is -0.480. The van der Waals surface area contributed by atoms with Crippen LogP contribution in [0.15, 0.2) is 59.5 Å². The second-order valence-electron chi connectivity index (χ2n) is 4.62. The lowest BCUT2D eigenvalue weighted by Gasteiger charge is -2.05. The fourth-order valence-electron chi connectivity index (χ4n) is 1.86. The number of hydrogen-bond donors (Lipinski definition) is 1. The van der Waals surface area contributed by atoms with Gasteiger partial charge in [-0.2, -0.15) is 0 Å². The molecule has 0 fully saturated rings. The van der Waals surface area contributed by atoms with Crippen molar-refractivity contribution in [3.63, 3.8) is 0 Å². The van der Waals surface area contributed by atoms with Crippen LogP contribution in [-0.4, -0.2) is 16.6 Å². The maximum Gasteiger partial charge on any atom is 0.271 e. The molecule has 2 aromatic carbocycles. The molecule has 0 saturated heterocycles. The van der Waals surface area contributed by atoms with Crippen molar-refractivity contribution in [3.05, 3.63) is 64.7 Å². The van der Waals surface area contributed by atoms with Crippen LogP contribution in [0, 0.1) is 10.1 Å². The Morgan fingerprint density at radius 2 is 1.91 bits per heavy atom. The van der Waals surface area contributed by atoms with Gasteiger partial charge in [-0.25, -0.2) is 0 Å². The molecule has 0 unspecified atom stereocenters. The zero-order valence-corrected chi connectivity index (χ0v) is 12.7. The van der Waals surface area contributed by atoms with Gasteiger partial charge in [-0.05, 0) is 30.4 Å². The SMILES string of the molecule is O=C(CCCSc1ccccc1)Nc1cccc([N+](=O)[O-])c1. The van der Waals surface area contributed by atoms with E-state index in [1.54, 1.807) is 23.9 Å². The molecule has 0 bridgehead atoms. The van der Waals surface area contributed by atoms with Gasteiger partial charge in [0.05, 0.1) is 4.92 Å². The summed E-state index contributed by atoms with van der Waals surface area (Å²) in [5.74, 6) is 0.723. The fraction of sp³-hybridized carbons (Fsp3) is 0.188. The Labute approximate surface area is 132 Å². The first-order chi connectivity index (χ1) is 10.6. The van der Waals surface area contributed by atoms with E-state index >= 15 is 0 Å². The van der Waals surface area contributed by atoms with E-state index in [0.29, 0.717) is 12.1 Å². The summed E-state index contributed by atoms with van der Waals surface area (Å²) < 4.78 is 0. The number of benzene rings is 2. The average Bonchev–Trinajstić information content (AvgIpc) is 2.53. The van der Waals surface area contributed by atoms with Crippen molar-refractivity contribution in [1.29, 1.82) is 0 Å². The molecule has 0 aliphatic rings. The number of thioether (sulfide) groups is 1. The van der Waals surface area contributed by atoms with Crippen molar-refractivity contribution in [3.8, 4) is 0 Å². The van der Waals surface area contributed by atoms with Crippen molar-refractivity contribution in [2.24, 2.45) is 0 Å². The van der Waals surface area contributed by atoms with E-state index in [4.69, 9.17) is 0 Å². The van der Waals surface area contributed by atoms with Crippen LogP contribution in [0.2, 0.25) is 0 Å². The third-order valence-electron chi connectivity index (χ3n) is 2.90. The molecule has 0 radical (unpaired) electrons. The molecule has 0 saturated carbocycles. The summed E-state index contributed by atoms with van der Waals surface area (Å²) in [4.78, 5) is 23.2. The Balaban J connectivity index is 1.74. The molecule has 2 aromatic rings. The molecule has 1 N–H and O–H groups in total. The molecule has 0 heterocycles. The maximum absolute atomic E-state index is 11.8. The first-order valence-electron chi connectivity index (χ1n) is 6.87. The third-order valence-corrected chi connectivity index (χ3v) is 4.00. The molecule has 0 aliphatic heterocycles. The number of nitrogens with one attached hydrogen (secondary N) is 1. The van der Waals surface area contributed by atoms with Crippen LogP contribution in [0.25, 0.3) is 0 Å². The minimum absolute atomic E-state index is 0.0302. The molecule has 1 amide bonds. The van der Waals surface area contributed by atoms with Crippen molar-refractivity contribution in [2.45, 2.75) is 17.7 Å². The molecule has 2 rings (SSSR count). The molecule has 0 aliphatic carbocycles. The molecule has 5 nitrogen and oxygen atoms in total. The summed E-state index contributed by atoms with van der Waals surface area (Å²) >= 11 is 1.71. The van der Waals surface area contributed by atoms with Gasteiger partial charge in [0.15, 0.2) is 0 Å². The molecule has 22 heavy (non-hydrogen) atoms. The van der Waals surface area contributed by atoms with Gasteiger partial charge in [0, 0.05) is 29.1 Å². The fourth-order valence-corrected chi connectivity index (χ4v) is 2.73. The number of non-ortho nitro benzene ring substituents is 1. The summed E-state index contributed by atoms with van der Waals surface area (Å²) in [6.07, 6.45) is 1.14. The largest absolute Gasteiger partial charge is 0.326 e. The monoisotopic (exact) mass is 316 g/mol. The van der Waals surface area contributed by atoms with Gasteiger partial charge < -0.3 is 5.32 Å². The molecule has 0 aromatic heterocycles. The van der Waals surface area contributed by atoms with Crippen LogP contribution in [0.1, 0.15) is 12.8 Å². The lowest BCUT2D eigenvalue weighted by Crippen LogP contribution is -2.11. The zero-order chi connectivity index (χ0) is 15.8. The highest BCUT2D eigenvalue weighted by atomic mass is 32.2. The van der Waals surface area contributed by atoms with Gasteiger partial charge in [0.2, 0.25) is 5.91 Å². The van der Waals surface area contributed by atoms with E-state index in [0.717, 1.165) is 12.2 Å². The Morgan fingerprint density at radius 3 is 2.64 bits per heavy atom. The number of anilines is 1. The number of nitrogens with zero attached hydrogens (tertiary/aromatic N) is 1. The predicted octanol–water partition coefficient (Wildman–Crippen LogP) is 4.11. The Kier molecular flexibility index (Phi) is 5.97. The van der Waals surface area contributed by atoms with Crippen molar-refractivity contribution in [1.82, 2.24) is 0 Å². The number of amides is 1. The van der Waals surface area contributed by atoms with Gasteiger partial charge in [0.25, 0.3) is 5.69 Å². The van der Waals surface area contributed by atoms with E-state index in [9.17, 15) is 14.9 Å². The van der Waals surface area contributed by atoms with Gasteiger partial charge in [-0.15, -0.1) is 11.8 Å². The lowest BCUT2D eigenvalue weighted by atomic mass is 10.2. The average molecular weight is 316 g/mol. The molecule has 114 valence electrons. The zero-order valence-electron chi connectivity index (χ0n) is 11.9. The molecule has 0 atom stereocenters. The third kappa shape index (κ3) is 5.21. The Hall–Kier alpha value is -2.34. The van der Waals surface area contributed by atoms with E-state index in [-0.39, 0.29) is 11.6 Å². The second kappa shape index (κ2) is 8.19. The molecule has 0 spiro atoms. The quantitative estimate of drug-likeness (QED) is 0.361. The van der Waals surface area contributed by atoms with Crippen LogP contribution in [-0.2, 0) is 4.79 Å². The normalized spacial score (nSPS) is 10.2. The first kappa shape index (κ1) is 16.0. The first-order valence-corrected chi connectivity index (χ1v) is 7.86. The topological polar surface area (TPSA) is 72.2 Å². The number of nitro benzene ring substituents is 1. The molecular formula is C16H16N2O3S. The molecular weight excluding hydrogens is 300 g/mol. The van der Waals surface area contributed by atoms with E-state index in [1.807, 2.05) is 30.3 Å². The van der Waals surface area contributed by atoms with Crippen molar-refractivity contribution < 1.29 is 9.72 Å². The number of carbonyl (C=O) groups is 1. The van der Waals surface area contributed by atoms with Crippen molar-refractivity contribution >= 4 is 29.0 Å². The Bertz CT molecular complexity index is 647. The summed E-state index contributed by atoms with van der Waals surface area (Å²) in [6.45, 7) is 0. The maximum atomic E-state index is 11.8. The van der Waals surface area contributed by atoms with Crippen LogP contribution in [0.3, 0.4) is 0 Å². The second-order valence-corrected chi connectivity index (χ2v) is 5.79. The number of hydrogen-bond acceptors (Lipinski definition) is 4. The Morgan fingerprint density at radius 1 is 1.14 bits per heavy atom. The van der Waals surface area contributed by atoms with E-state index in [1.165, 1.54) is 17.0 Å². The highest BCUT2D eigenvalue weighted by Crippen LogP contribution is 2.19. The smallest absolute Gasteiger partial charge is 0.271 e. The molecule has 6 heteroatoms. The van der Waals surface area contributed by atoms with E-state index in [2.05, 4.69) is 5.32 Å². The van der Waals surface area contributed by atoms with Crippen molar-refractivity contribution in [2.75, 3.05) is 11.1 Å². The van der Waals surface area contributed by atoms with Crippen LogP contribution >= 0.6 is 11.8 Å². The van der Waals surface area contributed by atoms with Gasteiger partial charge in [-0.1, -0.05) is 24.3 Å². The lowest BCUT2D eigenvalue weighted by molar-refractivity contribution is -0.384. The summed E-state index contributed by atoms with van der Waals surface area (Å²) in [7, 11) is 0. The summed E-state index contributed by atoms with van der Waals surface area (Å²) in [5, 5.41) is 13.4. The van der Waals surface area contributed by atoms with Gasteiger partial charge in [-0.3, -0.25) is 14.9 Å².